The van der Waals surface area contributed by atoms with Gasteiger partial charge in [0.1, 0.15) is 6.54 Å². The number of carbonyl (C=O) groups is 1. The van der Waals surface area contributed by atoms with Gasteiger partial charge in [0, 0.05) is 12.2 Å². The lowest BCUT2D eigenvalue weighted by Gasteiger charge is -2.22. The summed E-state index contributed by atoms with van der Waals surface area (Å²) in [5, 5.41) is 0.391. The molecule has 1 aromatic heterocycles. The fourth-order valence-corrected chi connectivity index (χ4v) is 4.11. The van der Waals surface area contributed by atoms with Gasteiger partial charge in [0.25, 0.3) is 5.56 Å². The minimum Gasteiger partial charge on any atom is -0.311 e. The second kappa shape index (κ2) is 8.67. The zero-order valence-electron chi connectivity index (χ0n) is 18.4. The Morgan fingerprint density at radius 3 is 2.16 bits per heavy atom. The van der Waals surface area contributed by atoms with Crippen LogP contribution in [-0.4, -0.2) is 21.6 Å². The van der Waals surface area contributed by atoms with Gasteiger partial charge >= 0.3 is 5.69 Å². The van der Waals surface area contributed by atoms with Crippen LogP contribution in [0.15, 0.2) is 82.4 Å². The molecule has 0 aliphatic carbocycles. The monoisotopic (exact) mass is 427 g/mol. The number of likely N-dealkylation sites (N-methyl/N-ethyl adjacent to an activating group) is 1. The molecule has 0 fully saturated rings. The summed E-state index contributed by atoms with van der Waals surface area (Å²) in [6.07, 6.45) is 0. The molecule has 0 saturated carbocycles. The Kier molecular flexibility index (Phi) is 5.77. The number of aryl methyl sites for hydroxylation is 2. The highest BCUT2D eigenvalue weighted by Crippen LogP contribution is 2.16. The van der Waals surface area contributed by atoms with Crippen molar-refractivity contribution in [3.8, 4) is 5.69 Å². The van der Waals surface area contributed by atoms with Crippen LogP contribution in [0.2, 0.25) is 0 Å². The van der Waals surface area contributed by atoms with E-state index in [2.05, 4.69) is 0 Å². The Morgan fingerprint density at radius 2 is 1.50 bits per heavy atom. The number of fused-ring (bicyclic) bond motifs is 1. The van der Waals surface area contributed by atoms with E-state index in [-0.39, 0.29) is 12.5 Å². The van der Waals surface area contributed by atoms with Gasteiger partial charge in [0.05, 0.1) is 16.6 Å². The predicted molar refractivity (Wildman–Crippen MR) is 128 cm³/mol. The summed E-state index contributed by atoms with van der Waals surface area (Å²) in [6.45, 7) is 6.02. The Bertz CT molecular complexity index is 1400. The van der Waals surface area contributed by atoms with E-state index >= 15 is 0 Å². The molecule has 0 bridgehead atoms. The number of aromatic nitrogens is 2. The maximum Gasteiger partial charge on any atom is 0.336 e. The summed E-state index contributed by atoms with van der Waals surface area (Å²) in [7, 11) is 0. The van der Waals surface area contributed by atoms with E-state index < -0.39 is 11.2 Å². The topological polar surface area (TPSA) is 64.3 Å². The number of carbonyl (C=O) groups excluding carboxylic acids is 1. The molecule has 0 atom stereocenters. The van der Waals surface area contributed by atoms with Gasteiger partial charge in [-0.1, -0.05) is 36.4 Å². The second-order valence-corrected chi connectivity index (χ2v) is 7.85. The lowest BCUT2D eigenvalue weighted by atomic mass is 10.1. The van der Waals surface area contributed by atoms with Crippen molar-refractivity contribution in [3.05, 3.63) is 105 Å². The van der Waals surface area contributed by atoms with Crippen molar-refractivity contribution >= 4 is 22.5 Å². The largest absolute Gasteiger partial charge is 0.336 e. The average Bonchev–Trinajstić information content (AvgIpc) is 2.77. The molecule has 0 unspecified atom stereocenters. The van der Waals surface area contributed by atoms with Crippen molar-refractivity contribution in [1.82, 2.24) is 9.13 Å². The van der Waals surface area contributed by atoms with Gasteiger partial charge in [-0.25, -0.2) is 9.36 Å². The van der Waals surface area contributed by atoms with Crippen molar-refractivity contribution in [2.75, 3.05) is 11.4 Å². The van der Waals surface area contributed by atoms with E-state index in [1.165, 1.54) is 4.57 Å². The third-order valence-corrected chi connectivity index (χ3v) is 5.49. The molecule has 0 aliphatic heterocycles. The van der Waals surface area contributed by atoms with Gasteiger partial charge in [-0.2, -0.15) is 0 Å². The predicted octanol–water partition coefficient (Wildman–Crippen LogP) is 3.82. The summed E-state index contributed by atoms with van der Waals surface area (Å²) in [6, 6.07) is 21.8. The molecule has 0 saturated heterocycles. The molecule has 0 spiro atoms. The number of hydrogen-bond donors (Lipinski definition) is 0. The molecular formula is C26H25N3O3. The molecule has 1 amide bonds. The molecule has 6 nitrogen and oxygen atoms in total. The third-order valence-electron chi connectivity index (χ3n) is 5.49. The summed E-state index contributed by atoms with van der Waals surface area (Å²) < 4.78 is 2.55. The second-order valence-electron chi connectivity index (χ2n) is 7.85. The quantitative estimate of drug-likeness (QED) is 0.486. The molecule has 6 heteroatoms. The molecule has 0 radical (unpaired) electrons. The van der Waals surface area contributed by atoms with Crippen molar-refractivity contribution in [2.45, 2.75) is 27.3 Å². The number of para-hydroxylation sites is 2. The van der Waals surface area contributed by atoms with Crippen molar-refractivity contribution in [3.63, 3.8) is 0 Å². The molecule has 4 rings (SSSR count). The molecule has 4 aromatic rings. The first kappa shape index (κ1) is 21.3. The smallest absolute Gasteiger partial charge is 0.311 e. The first-order valence-corrected chi connectivity index (χ1v) is 10.6. The van der Waals surface area contributed by atoms with Crippen molar-refractivity contribution < 1.29 is 4.79 Å². The van der Waals surface area contributed by atoms with Crippen LogP contribution < -0.4 is 16.1 Å². The molecule has 0 aliphatic rings. The van der Waals surface area contributed by atoms with Crippen molar-refractivity contribution in [2.24, 2.45) is 0 Å². The average molecular weight is 428 g/mol. The normalized spacial score (nSPS) is 11.0. The van der Waals surface area contributed by atoms with Gasteiger partial charge in [-0.15, -0.1) is 0 Å². The van der Waals surface area contributed by atoms with E-state index in [0.29, 0.717) is 23.1 Å². The molecular weight excluding hydrogens is 402 g/mol. The minimum absolute atomic E-state index is 0.173. The lowest BCUT2D eigenvalue weighted by Crippen LogP contribution is -2.43. The van der Waals surface area contributed by atoms with E-state index in [0.717, 1.165) is 21.4 Å². The van der Waals surface area contributed by atoms with Crippen LogP contribution in [0.3, 0.4) is 0 Å². The minimum atomic E-state index is -0.531. The van der Waals surface area contributed by atoms with Crippen LogP contribution in [0.1, 0.15) is 18.1 Å². The van der Waals surface area contributed by atoms with E-state index in [1.54, 1.807) is 41.3 Å². The summed E-state index contributed by atoms with van der Waals surface area (Å²) in [5.41, 5.74) is 2.68. The van der Waals surface area contributed by atoms with E-state index in [1.807, 2.05) is 57.2 Å². The van der Waals surface area contributed by atoms with Crippen LogP contribution >= 0.6 is 0 Å². The zero-order valence-corrected chi connectivity index (χ0v) is 18.4. The Labute approximate surface area is 186 Å². The summed E-state index contributed by atoms with van der Waals surface area (Å²) in [5.74, 6) is -0.225. The zero-order chi connectivity index (χ0) is 22.8. The van der Waals surface area contributed by atoms with Gasteiger partial charge < -0.3 is 4.90 Å². The fraction of sp³-hybridized carbons (Fsp3) is 0.192. The van der Waals surface area contributed by atoms with Crippen LogP contribution in [0.4, 0.5) is 5.69 Å². The van der Waals surface area contributed by atoms with Gasteiger partial charge in [0.15, 0.2) is 0 Å². The highest BCUT2D eigenvalue weighted by Gasteiger charge is 2.20. The molecule has 1 heterocycles. The third kappa shape index (κ3) is 3.87. The highest BCUT2D eigenvalue weighted by atomic mass is 16.2. The summed E-state index contributed by atoms with van der Waals surface area (Å²) in [4.78, 5) is 41.7. The van der Waals surface area contributed by atoms with Crippen LogP contribution in [0, 0.1) is 13.8 Å². The van der Waals surface area contributed by atoms with Crippen LogP contribution in [0.25, 0.3) is 16.6 Å². The maximum atomic E-state index is 13.6. The first-order chi connectivity index (χ1) is 15.4. The number of anilines is 1. The van der Waals surface area contributed by atoms with Crippen LogP contribution in [-0.2, 0) is 11.3 Å². The van der Waals surface area contributed by atoms with E-state index in [9.17, 15) is 14.4 Å². The standard InChI is InChI=1S/C26H25N3O3/c1-4-27(20-10-6-5-7-11-20)24(30)17-28-23-13-9-8-12-22(23)25(31)29(26(28)32)21-15-18(2)14-19(3)16-21/h5-16H,4,17H2,1-3H3. The molecule has 3 aromatic carbocycles. The SMILES string of the molecule is CCN(C(=O)Cn1c(=O)n(-c2cc(C)cc(C)c2)c(=O)c2ccccc21)c1ccccc1. The summed E-state index contributed by atoms with van der Waals surface area (Å²) >= 11 is 0. The van der Waals surface area contributed by atoms with E-state index in [4.69, 9.17) is 0 Å². The fourth-order valence-electron chi connectivity index (χ4n) is 4.11. The van der Waals surface area contributed by atoms with Gasteiger partial charge in [-0.05, 0) is 68.3 Å². The molecule has 162 valence electrons. The number of hydrogen-bond acceptors (Lipinski definition) is 3. The number of amides is 1. The van der Waals surface area contributed by atoms with Crippen molar-refractivity contribution in [1.29, 1.82) is 0 Å². The highest BCUT2D eigenvalue weighted by molar-refractivity contribution is 5.94. The molecule has 32 heavy (non-hydrogen) atoms. The molecule has 0 N–H and O–H groups in total. The Balaban J connectivity index is 1.90. The number of nitrogens with zero attached hydrogens (tertiary/aromatic N) is 3. The maximum absolute atomic E-state index is 13.6. The van der Waals surface area contributed by atoms with Crippen LogP contribution in [0.5, 0.6) is 0 Å². The first-order valence-electron chi connectivity index (χ1n) is 10.6. The lowest BCUT2D eigenvalue weighted by molar-refractivity contribution is -0.119. The Morgan fingerprint density at radius 1 is 0.875 bits per heavy atom. The van der Waals surface area contributed by atoms with Gasteiger partial charge in [-0.3, -0.25) is 14.2 Å². The number of rotatable bonds is 5. The van der Waals surface area contributed by atoms with Gasteiger partial charge in [0.2, 0.25) is 5.91 Å². The Hall–Kier alpha value is -3.93. The number of benzene rings is 3.